The number of hydrogen-bond acceptors (Lipinski definition) is 5. The molecule has 2 rings (SSSR count). The average molecular weight is 253 g/mol. The van der Waals surface area contributed by atoms with Crippen molar-refractivity contribution in [3.8, 4) is 0 Å². The SMILES string of the molecule is CO[C@@H]1CN(CCNC(C)C)C[C@H]1c1cn[nH]n1. The maximum Gasteiger partial charge on any atom is 0.0894 e. The second kappa shape index (κ2) is 6.26. The molecule has 0 amide bonds. The van der Waals surface area contributed by atoms with Gasteiger partial charge in [0.1, 0.15) is 0 Å². The van der Waals surface area contributed by atoms with Crippen molar-refractivity contribution in [2.24, 2.45) is 0 Å². The summed E-state index contributed by atoms with van der Waals surface area (Å²) >= 11 is 0. The Kier molecular flexibility index (Phi) is 4.68. The van der Waals surface area contributed by atoms with Crippen LogP contribution in [-0.4, -0.2) is 65.7 Å². The van der Waals surface area contributed by atoms with Crippen molar-refractivity contribution in [2.75, 3.05) is 33.3 Å². The average Bonchev–Trinajstić information content (AvgIpc) is 2.96. The molecule has 2 heterocycles. The number of ether oxygens (including phenoxy) is 1. The zero-order chi connectivity index (χ0) is 13.0. The topological polar surface area (TPSA) is 66.1 Å². The lowest BCUT2D eigenvalue weighted by molar-refractivity contribution is 0.0964. The summed E-state index contributed by atoms with van der Waals surface area (Å²) in [5, 5.41) is 14.2. The largest absolute Gasteiger partial charge is 0.379 e. The Morgan fingerprint density at radius 2 is 2.39 bits per heavy atom. The van der Waals surface area contributed by atoms with E-state index in [1.165, 1.54) is 0 Å². The number of nitrogens with zero attached hydrogens (tertiary/aromatic N) is 3. The fraction of sp³-hybridized carbons (Fsp3) is 0.833. The smallest absolute Gasteiger partial charge is 0.0894 e. The molecule has 0 spiro atoms. The normalized spacial score (nSPS) is 25.1. The van der Waals surface area contributed by atoms with Gasteiger partial charge in [-0.05, 0) is 0 Å². The van der Waals surface area contributed by atoms with Gasteiger partial charge in [-0.25, -0.2) is 0 Å². The molecule has 2 N–H and O–H groups in total. The summed E-state index contributed by atoms with van der Waals surface area (Å²) in [5.74, 6) is 0.327. The summed E-state index contributed by atoms with van der Waals surface area (Å²) in [7, 11) is 1.77. The number of aromatic amines is 1. The van der Waals surface area contributed by atoms with Crippen molar-refractivity contribution >= 4 is 0 Å². The minimum absolute atomic E-state index is 0.217. The van der Waals surface area contributed by atoms with E-state index in [4.69, 9.17) is 4.74 Å². The van der Waals surface area contributed by atoms with E-state index in [0.717, 1.165) is 31.9 Å². The van der Waals surface area contributed by atoms with Gasteiger partial charge in [0, 0.05) is 45.2 Å². The quantitative estimate of drug-likeness (QED) is 0.759. The Balaban J connectivity index is 1.86. The molecule has 1 aromatic rings. The maximum atomic E-state index is 5.56. The first kappa shape index (κ1) is 13.5. The molecule has 1 saturated heterocycles. The molecule has 0 aromatic carbocycles. The number of aromatic nitrogens is 3. The van der Waals surface area contributed by atoms with E-state index >= 15 is 0 Å². The molecule has 0 aliphatic carbocycles. The van der Waals surface area contributed by atoms with Gasteiger partial charge in [-0.3, -0.25) is 4.90 Å². The molecular formula is C12H23N5O. The molecule has 0 radical (unpaired) electrons. The highest BCUT2D eigenvalue weighted by molar-refractivity contribution is 5.09. The summed E-state index contributed by atoms with van der Waals surface area (Å²) in [4.78, 5) is 2.42. The Morgan fingerprint density at radius 1 is 1.56 bits per heavy atom. The number of methoxy groups -OCH3 is 1. The van der Waals surface area contributed by atoms with Gasteiger partial charge in [0.15, 0.2) is 0 Å². The summed E-state index contributed by atoms with van der Waals surface area (Å²) in [6.45, 7) is 8.35. The standard InChI is InChI=1S/C12H23N5O/c1-9(2)13-4-5-17-7-10(12(8-17)18-3)11-6-14-16-15-11/h6,9-10,12-13H,4-5,7-8H2,1-3H3,(H,14,15,16)/t10-,12+/m0/s1. The third-order valence-electron chi connectivity index (χ3n) is 3.44. The Morgan fingerprint density at radius 3 is 3.00 bits per heavy atom. The highest BCUT2D eigenvalue weighted by atomic mass is 16.5. The van der Waals surface area contributed by atoms with Crippen LogP contribution in [0.3, 0.4) is 0 Å². The number of rotatable bonds is 6. The van der Waals surface area contributed by atoms with Crippen LogP contribution in [0.4, 0.5) is 0 Å². The lowest BCUT2D eigenvalue weighted by Crippen LogP contribution is -2.34. The lowest BCUT2D eigenvalue weighted by Gasteiger charge is -2.16. The Hall–Kier alpha value is -0.980. The van der Waals surface area contributed by atoms with Crippen molar-refractivity contribution in [1.29, 1.82) is 0 Å². The van der Waals surface area contributed by atoms with Crippen LogP contribution in [0.15, 0.2) is 6.20 Å². The van der Waals surface area contributed by atoms with Crippen molar-refractivity contribution in [1.82, 2.24) is 25.6 Å². The predicted molar refractivity (Wildman–Crippen MR) is 69.5 cm³/mol. The summed E-state index contributed by atoms with van der Waals surface area (Å²) in [6.07, 6.45) is 2.01. The molecule has 1 fully saturated rings. The monoisotopic (exact) mass is 253 g/mol. The van der Waals surface area contributed by atoms with Crippen molar-refractivity contribution in [3.05, 3.63) is 11.9 Å². The van der Waals surface area contributed by atoms with E-state index in [9.17, 15) is 0 Å². The Bertz CT molecular complexity index is 340. The molecule has 102 valence electrons. The van der Waals surface area contributed by atoms with Crippen LogP contribution in [0, 0.1) is 0 Å². The number of hydrogen-bond donors (Lipinski definition) is 2. The van der Waals surface area contributed by atoms with Crippen molar-refractivity contribution in [3.63, 3.8) is 0 Å². The van der Waals surface area contributed by atoms with Crippen LogP contribution in [0.2, 0.25) is 0 Å². The maximum absolute atomic E-state index is 5.56. The zero-order valence-corrected chi connectivity index (χ0v) is 11.4. The highest BCUT2D eigenvalue weighted by Gasteiger charge is 2.35. The first-order valence-electron chi connectivity index (χ1n) is 6.55. The van der Waals surface area contributed by atoms with Crippen LogP contribution in [0.5, 0.6) is 0 Å². The number of nitrogens with one attached hydrogen (secondary N) is 2. The third kappa shape index (κ3) is 3.28. The number of H-pyrrole nitrogens is 1. The Labute approximate surface area is 108 Å². The van der Waals surface area contributed by atoms with Gasteiger partial charge in [-0.2, -0.15) is 15.4 Å². The van der Waals surface area contributed by atoms with Gasteiger partial charge in [0.05, 0.1) is 18.0 Å². The van der Waals surface area contributed by atoms with E-state index in [2.05, 4.69) is 39.5 Å². The molecule has 6 heteroatoms. The predicted octanol–water partition coefficient (Wildman–Crippen LogP) is 0.217. The van der Waals surface area contributed by atoms with Gasteiger partial charge >= 0.3 is 0 Å². The first-order valence-corrected chi connectivity index (χ1v) is 6.55. The van der Waals surface area contributed by atoms with E-state index in [1.54, 1.807) is 13.3 Å². The van der Waals surface area contributed by atoms with E-state index in [-0.39, 0.29) is 6.10 Å². The lowest BCUT2D eigenvalue weighted by atomic mass is 10.0. The van der Waals surface area contributed by atoms with Gasteiger partial charge in [0.2, 0.25) is 0 Å². The molecule has 0 unspecified atom stereocenters. The van der Waals surface area contributed by atoms with Crippen LogP contribution in [-0.2, 0) is 4.74 Å². The molecule has 0 bridgehead atoms. The summed E-state index contributed by atoms with van der Waals surface area (Å²) in [6, 6.07) is 0.539. The van der Waals surface area contributed by atoms with E-state index in [0.29, 0.717) is 12.0 Å². The zero-order valence-electron chi connectivity index (χ0n) is 11.4. The summed E-state index contributed by atoms with van der Waals surface area (Å²) < 4.78 is 5.56. The molecule has 0 saturated carbocycles. The van der Waals surface area contributed by atoms with E-state index < -0.39 is 0 Å². The van der Waals surface area contributed by atoms with Gasteiger partial charge in [-0.1, -0.05) is 13.8 Å². The fourth-order valence-electron chi connectivity index (χ4n) is 2.46. The molecule has 1 aromatic heterocycles. The minimum atomic E-state index is 0.217. The fourth-order valence-corrected chi connectivity index (χ4v) is 2.46. The van der Waals surface area contributed by atoms with Gasteiger partial charge < -0.3 is 10.1 Å². The second-order valence-corrected chi connectivity index (χ2v) is 5.14. The number of likely N-dealkylation sites (tertiary alicyclic amines) is 1. The molecule has 6 nitrogen and oxygen atoms in total. The molecule has 18 heavy (non-hydrogen) atoms. The minimum Gasteiger partial charge on any atom is -0.379 e. The summed E-state index contributed by atoms with van der Waals surface area (Å²) in [5.41, 5.74) is 1.00. The van der Waals surface area contributed by atoms with Crippen LogP contribution in [0.25, 0.3) is 0 Å². The molecule has 2 atom stereocenters. The van der Waals surface area contributed by atoms with Crippen molar-refractivity contribution < 1.29 is 4.74 Å². The molecular weight excluding hydrogens is 230 g/mol. The van der Waals surface area contributed by atoms with E-state index in [1.807, 2.05) is 0 Å². The first-order chi connectivity index (χ1) is 8.70. The second-order valence-electron chi connectivity index (χ2n) is 5.14. The third-order valence-corrected chi connectivity index (χ3v) is 3.44. The van der Waals surface area contributed by atoms with Crippen LogP contribution in [0.1, 0.15) is 25.5 Å². The van der Waals surface area contributed by atoms with Gasteiger partial charge in [-0.15, -0.1) is 0 Å². The molecule has 1 aliphatic heterocycles. The van der Waals surface area contributed by atoms with Gasteiger partial charge in [0.25, 0.3) is 0 Å². The van der Waals surface area contributed by atoms with Crippen LogP contribution < -0.4 is 5.32 Å². The highest BCUT2D eigenvalue weighted by Crippen LogP contribution is 2.27. The van der Waals surface area contributed by atoms with Crippen LogP contribution >= 0.6 is 0 Å². The molecule has 1 aliphatic rings. The van der Waals surface area contributed by atoms with Crippen molar-refractivity contribution in [2.45, 2.75) is 31.9 Å².